The number of aromatic nitrogens is 2. The Morgan fingerprint density at radius 3 is 2.88 bits per heavy atom. The van der Waals surface area contributed by atoms with E-state index in [1.807, 2.05) is 54.4 Å². The first-order chi connectivity index (χ1) is 16.1. The summed E-state index contributed by atoms with van der Waals surface area (Å²) in [5.74, 6) is 0.487. The van der Waals surface area contributed by atoms with Crippen LogP contribution in [-0.4, -0.2) is 46.5 Å². The Bertz CT molecular complexity index is 1060. The van der Waals surface area contributed by atoms with Crippen molar-refractivity contribution in [1.82, 2.24) is 14.7 Å². The first kappa shape index (κ1) is 23.0. The van der Waals surface area contributed by atoms with E-state index in [-0.39, 0.29) is 24.4 Å². The maximum Gasteiger partial charge on any atom is 0.244 e. The molecule has 0 aliphatic carbocycles. The van der Waals surface area contributed by atoms with Crippen molar-refractivity contribution in [3.63, 3.8) is 0 Å². The summed E-state index contributed by atoms with van der Waals surface area (Å²) < 4.78 is 27.1. The molecule has 0 radical (unpaired) electrons. The number of hydrogen-bond acceptors (Lipinski definition) is 4. The first-order valence-electron chi connectivity index (χ1n) is 11.4. The summed E-state index contributed by atoms with van der Waals surface area (Å²) in [4.78, 5) is 14.9. The number of rotatable bonds is 10. The van der Waals surface area contributed by atoms with E-state index in [1.54, 1.807) is 16.8 Å². The van der Waals surface area contributed by atoms with Gasteiger partial charge in [-0.3, -0.25) is 9.48 Å². The summed E-state index contributed by atoms with van der Waals surface area (Å²) in [6, 6.07) is 16.3. The number of benzene rings is 2. The molecule has 1 aliphatic rings. The molecule has 6 nitrogen and oxygen atoms in total. The van der Waals surface area contributed by atoms with Crippen LogP contribution >= 0.6 is 0 Å². The molecule has 33 heavy (non-hydrogen) atoms. The van der Waals surface area contributed by atoms with Crippen molar-refractivity contribution in [2.24, 2.45) is 0 Å². The lowest BCUT2D eigenvalue weighted by atomic mass is 10.1. The molecule has 3 aromatic rings. The zero-order valence-corrected chi connectivity index (χ0v) is 19.0. The average molecular weight is 452 g/mol. The Kier molecular flexibility index (Phi) is 7.73. The molecule has 1 fully saturated rings. The van der Waals surface area contributed by atoms with Gasteiger partial charge in [-0.1, -0.05) is 30.3 Å². The Balaban J connectivity index is 1.39. The SMILES string of the molecule is Cc1ccn(CC(=O)N(Cc2cccc(OCCc3ccccc3F)c2)C[C@@H]2CCCO2)n1. The highest BCUT2D eigenvalue weighted by Gasteiger charge is 2.23. The van der Waals surface area contributed by atoms with Crippen molar-refractivity contribution in [2.75, 3.05) is 19.8 Å². The van der Waals surface area contributed by atoms with Crippen LogP contribution in [0.5, 0.6) is 5.75 Å². The Morgan fingerprint density at radius 1 is 1.24 bits per heavy atom. The van der Waals surface area contributed by atoms with Gasteiger partial charge in [0.1, 0.15) is 18.1 Å². The van der Waals surface area contributed by atoms with Gasteiger partial charge in [0.15, 0.2) is 0 Å². The van der Waals surface area contributed by atoms with Crippen LogP contribution < -0.4 is 4.74 Å². The molecule has 1 aliphatic heterocycles. The molecule has 0 unspecified atom stereocenters. The van der Waals surface area contributed by atoms with Crippen LogP contribution in [0.4, 0.5) is 4.39 Å². The largest absolute Gasteiger partial charge is 0.493 e. The van der Waals surface area contributed by atoms with Crippen molar-refractivity contribution in [2.45, 2.75) is 45.4 Å². The molecule has 0 saturated carbocycles. The number of amides is 1. The number of aryl methyl sites for hydroxylation is 1. The zero-order valence-electron chi connectivity index (χ0n) is 19.0. The molecule has 2 heterocycles. The quantitative estimate of drug-likeness (QED) is 0.465. The van der Waals surface area contributed by atoms with E-state index in [0.29, 0.717) is 37.4 Å². The van der Waals surface area contributed by atoms with Crippen LogP contribution in [0.2, 0.25) is 0 Å². The lowest BCUT2D eigenvalue weighted by molar-refractivity contribution is -0.134. The van der Waals surface area contributed by atoms with Crippen molar-refractivity contribution in [1.29, 1.82) is 0 Å². The van der Waals surface area contributed by atoms with E-state index in [0.717, 1.165) is 30.7 Å². The summed E-state index contributed by atoms with van der Waals surface area (Å²) in [5, 5.41) is 4.34. The van der Waals surface area contributed by atoms with Crippen molar-refractivity contribution in [3.05, 3.63) is 83.4 Å². The monoisotopic (exact) mass is 451 g/mol. The highest BCUT2D eigenvalue weighted by atomic mass is 19.1. The van der Waals surface area contributed by atoms with E-state index in [1.165, 1.54) is 6.07 Å². The molecule has 0 N–H and O–H groups in total. The first-order valence-corrected chi connectivity index (χ1v) is 11.4. The molecule has 0 bridgehead atoms. The fourth-order valence-corrected chi connectivity index (χ4v) is 4.01. The van der Waals surface area contributed by atoms with Crippen LogP contribution in [0, 0.1) is 12.7 Å². The molecule has 0 spiro atoms. The van der Waals surface area contributed by atoms with Gasteiger partial charge in [-0.15, -0.1) is 0 Å². The lowest BCUT2D eigenvalue weighted by Gasteiger charge is -2.26. The average Bonchev–Trinajstić information content (AvgIpc) is 3.46. The van der Waals surface area contributed by atoms with Crippen LogP contribution in [-0.2, 0) is 29.0 Å². The third kappa shape index (κ3) is 6.65. The Labute approximate surface area is 193 Å². The molecule has 1 aromatic heterocycles. The molecular weight excluding hydrogens is 421 g/mol. The molecule has 4 rings (SSSR count). The minimum Gasteiger partial charge on any atom is -0.493 e. The van der Waals surface area contributed by atoms with Crippen molar-refractivity contribution < 1.29 is 18.7 Å². The summed E-state index contributed by atoms with van der Waals surface area (Å²) in [6.45, 7) is 4.24. The van der Waals surface area contributed by atoms with E-state index in [2.05, 4.69) is 5.10 Å². The Hall–Kier alpha value is -3.19. The molecule has 2 aromatic carbocycles. The second-order valence-corrected chi connectivity index (χ2v) is 8.40. The summed E-state index contributed by atoms with van der Waals surface area (Å²) in [5.41, 5.74) is 2.49. The third-order valence-corrected chi connectivity index (χ3v) is 5.74. The van der Waals surface area contributed by atoms with Gasteiger partial charge in [0, 0.05) is 32.3 Å². The van der Waals surface area contributed by atoms with Gasteiger partial charge in [0.2, 0.25) is 5.91 Å². The maximum atomic E-state index is 13.8. The summed E-state index contributed by atoms with van der Waals surface area (Å²) in [6.07, 6.45) is 4.36. The minimum atomic E-state index is -0.217. The molecule has 1 saturated heterocycles. The number of nitrogens with zero attached hydrogens (tertiary/aromatic N) is 3. The van der Waals surface area contributed by atoms with E-state index >= 15 is 0 Å². The van der Waals surface area contributed by atoms with Crippen molar-refractivity contribution in [3.8, 4) is 5.75 Å². The molecule has 1 atom stereocenters. The van der Waals surface area contributed by atoms with E-state index in [9.17, 15) is 9.18 Å². The van der Waals surface area contributed by atoms with Crippen molar-refractivity contribution >= 4 is 5.91 Å². The molecular formula is C26H30FN3O3. The van der Waals surface area contributed by atoms with Gasteiger partial charge < -0.3 is 14.4 Å². The highest BCUT2D eigenvalue weighted by molar-refractivity contribution is 5.76. The van der Waals surface area contributed by atoms with Gasteiger partial charge in [0.25, 0.3) is 0 Å². The van der Waals surface area contributed by atoms with Gasteiger partial charge in [-0.05, 0) is 55.2 Å². The lowest BCUT2D eigenvalue weighted by Crippen LogP contribution is -2.39. The minimum absolute atomic E-state index is 0.000487. The predicted octanol–water partition coefficient (Wildman–Crippen LogP) is 4.16. The zero-order chi connectivity index (χ0) is 23.0. The van der Waals surface area contributed by atoms with E-state index in [4.69, 9.17) is 9.47 Å². The number of carbonyl (C=O) groups excluding carboxylic acids is 1. The van der Waals surface area contributed by atoms with E-state index < -0.39 is 0 Å². The van der Waals surface area contributed by atoms with Gasteiger partial charge >= 0.3 is 0 Å². The second kappa shape index (κ2) is 11.1. The Morgan fingerprint density at radius 2 is 2.12 bits per heavy atom. The van der Waals surface area contributed by atoms with Crippen LogP contribution in [0.25, 0.3) is 0 Å². The molecule has 174 valence electrons. The smallest absolute Gasteiger partial charge is 0.244 e. The second-order valence-electron chi connectivity index (χ2n) is 8.40. The highest BCUT2D eigenvalue weighted by Crippen LogP contribution is 2.19. The van der Waals surface area contributed by atoms with Gasteiger partial charge in [0.05, 0.1) is 18.4 Å². The van der Waals surface area contributed by atoms with Gasteiger partial charge in [-0.2, -0.15) is 5.10 Å². The number of ether oxygens (including phenoxy) is 2. The number of hydrogen-bond donors (Lipinski definition) is 0. The fourth-order valence-electron chi connectivity index (χ4n) is 4.01. The summed E-state index contributed by atoms with van der Waals surface area (Å²) >= 11 is 0. The molecule has 7 heteroatoms. The van der Waals surface area contributed by atoms with Crippen LogP contribution in [0.15, 0.2) is 60.8 Å². The third-order valence-electron chi connectivity index (χ3n) is 5.74. The maximum absolute atomic E-state index is 13.8. The number of carbonyl (C=O) groups is 1. The fraction of sp³-hybridized carbons (Fsp3) is 0.385. The number of halogens is 1. The van der Waals surface area contributed by atoms with Crippen LogP contribution in [0.3, 0.4) is 0 Å². The van der Waals surface area contributed by atoms with Crippen LogP contribution in [0.1, 0.15) is 29.7 Å². The topological polar surface area (TPSA) is 56.6 Å². The predicted molar refractivity (Wildman–Crippen MR) is 123 cm³/mol. The summed E-state index contributed by atoms with van der Waals surface area (Å²) in [7, 11) is 0. The molecule has 1 amide bonds. The normalized spacial score (nSPS) is 15.5. The van der Waals surface area contributed by atoms with Gasteiger partial charge in [-0.25, -0.2) is 4.39 Å². The standard InChI is InChI=1S/C26H30FN3O3/c1-20-11-13-30(28-20)19-26(31)29(18-24-9-5-14-32-24)17-21-6-4-8-23(16-21)33-15-12-22-7-2-3-10-25(22)27/h2-4,6-8,10-11,13,16,24H,5,9,12,14-15,17-19H2,1H3/t24-/m0/s1.